The van der Waals surface area contributed by atoms with Crippen LogP contribution in [0.5, 0.6) is 0 Å². The number of rotatable bonds is 3. The number of nitrogens with zero attached hydrogens (tertiary/aromatic N) is 1. The molecule has 7 heteroatoms. The van der Waals surface area contributed by atoms with Gasteiger partial charge in [0.25, 0.3) is 0 Å². The molecular formula is C15H23ClN2O3S. The van der Waals surface area contributed by atoms with Crippen molar-refractivity contribution < 1.29 is 13.2 Å². The minimum atomic E-state index is -3.13. The van der Waals surface area contributed by atoms with E-state index in [4.69, 9.17) is 5.73 Å². The number of carbonyl (C=O) groups is 1. The zero-order chi connectivity index (χ0) is 15.7. The van der Waals surface area contributed by atoms with Gasteiger partial charge >= 0.3 is 0 Å². The molecule has 1 aromatic rings. The molecule has 0 saturated carbocycles. The van der Waals surface area contributed by atoms with Crippen LogP contribution >= 0.6 is 12.4 Å². The van der Waals surface area contributed by atoms with Crippen LogP contribution in [0.25, 0.3) is 0 Å². The number of nitrogens with two attached hydrogens (primary N) is 1. The Balaban J connectivity index is 0.00000242. The predicted octanol–water partition coefficient (Wildman–Crippen LogP) is 1.53. The van der Waals surface area contributed by atoms with Gasteiger partial charge in [-0.3, -0.25) is 4.79 Å². The molecule has 1 aliphatic heterocycles. The molecule has 0 aromatic heterocycles. The van der Waals surface area contributed by atoms with Crippen LogP contribution in [0.2, 0.25) is 0 Å². The Morgan fingerprint density at radius 3 is 2.45 bits per heavy atom. The fourth-order valence-corrected chi connectivity index (χ4v) is 3.86. The smallest absolute Gasteiger partial charge is 0.224 e. The van der Waals surface area contributed by atoms with E-state index in [1.54, 1.807) is 18.7 Å². The molecule has 0 radical (unpaired) electrons. The standard InChI is InChI=1S/C15H22N2O3S.ClH/c1-15(2)11-17(8-9-21(15,19)20)14(18)10-13(16)12-6-4-3-5-7-12;/h3-7,13H,8-11,16H2,1-2H3;1H. The average molecular weight is 347 g/mol. The Morgan fingerprint density at radius 1 is 1.32 bits per heavy atom. The van der Waals surface area contributed by atoms with Gasteiger partial charge in [0.1, 0.15) is 0 Å². The summed E-state index contributed by atoms with van der Waals surface area (Å²) in [5, 5.41) is 0. The Bertz CT molecular complexity index is 617. The molecule has 0 aliphatic carbocycles. The van der Waals surface area contributed by atoms with E-state index in [2.05, 4.69) is 0 Å². The normalized spacial score (nSPS) is 20.8. The Kier molecular flexibility index (Phi) is 6.01. The van der Waals surface area contributed by atoms with Gasteiger partial charge in [-0.1, -0.05) is 30.3 Å². The summed E-state index contributed by atoms with van der Waals surface area (Å²) in [4.78, 5) is 13.9. The van der Waals surface area contributed by atoms with Gasteiger partial charge in [-0.25, -0.2) is 8.42 Å². The summed E-state index contributed by atoms with van der Waals surface area (Å²) in [7, 11) is -3.13. The highest BCUT2D eigenvalue weighted by atomic mass is 35.5. The van der Waals surface area contributed by atoms with Gasteiger partial charge in [0.15, 0.2) is 9.84 Å². The lowest BCUT2D eigenvalue weighted by Crippen LogP contribution is -2.54. The molecule has 2 rings (SSSR count). The largest absolute Gasteiger partial charge is 0.340 e. The molecule has 1 atom stereocenters. The predicted molar refractivity (Wildman–Crippen MR) is 89.7 cm³/mol. The molecule has 1 unspecified atom stereocenters. The van der Waals surface area contributed by atoms with Crippen molar-refractivity contribution in [3.63, 3.8) is 0 Å². The van der Waals surface area contributed by atoms with E-state index in [0.29, 0.717) is 0 Å². The summed E-state index contributed by atoms with van der Waals surface area (Å²) >= 11 is 0. The highest BCUT2D eigenvalue weighted by molar-refractivity contribution is 7.92. The molecule has 1 amide bonds. The van der Waals surface area contributed by atoms with Crippen LogP contribution < -0.4 is 5.73 Å². The second-order valence-electron chi connectivity index (χ2n) is 6.12. The quantitative estimate of drug-likeness (QED) is 0.900. The van der Waals surface area contributed by atoms with Crippen LogP contribution in [0.3, 0.4) is 0 Å². The maximum atomic E-state index is 12.3. The van der Waals surface area contributed by atoms with E-state index in [0.717, 1.165) is 5.56 Å². The third-order valence-electron chi connectivity index (χ3n) is 4.02. The zero-order valence-corrected chi connectivity index (χ0v) is 14.5. The van der Waals surface area contributed by atoms with Crippen LogP contribution in [-0.4, -0.2) is 42.8 Å². The fraction of sp³-hybridized carbons (Fsp3) is 0.533. The average Bonchev–Trinajstić information content (AvgIpc) is 2.42. The second-order valence-corrected chi connectivity index (χ2v) is 8.86. The van der Waals surface area contributed by atoms with Gasteiger partial charge in [-0.05, 0) is 19.4 Å². The van der Waals surface area contributed by atoms with Crippen molar-refractivity contribution in [1.29, 1.82) is 0 Å². The van der Waals surface area contributed by atoms with Gasteiger partial charge in [0, 0.05) is 25.6 Å². The lowest BCUT2D eigenvalue weighted by atomic mass is 10.0. The number of hydrogen-bond donors (Lipinski definition) is 1. The highest BCUT2D eigenvalue weighted by Crippen LogP contribution is 2.25. The summed E-state index contributed by atoms with van der Waals surface area (Å²) in [5.74, 6) is -0.0684. The van der Waals surface area contributed by atoms with Crippen LogP contribution in [0, 0.1) is 0 Å². The van der Waals surface area contributed by atoms with Gasteiger partial charge < -0.3 is 10.6 Å². The van der Waals surface area contributed by atoms with Gasteiger partial charge in [-0.15, -0.1) is 12.4 Å². The van der Waals surface area contributed by atoms with Crippen LogP contribution in [0.4, 0.5) is 0 Å². The van der Waals surface area contributed by atoms with E-state index in [1.807, 2.05) is 30.3 Å². The molecule has 1 heterocycles. The molecule has 22 heavy (non-hydrogen) atoms. The maximum Gasteiger partial charge on any atom is 0.224 e. The molecule has 1 aromatic carbocycles. The molecule has 0 bridgehead atoms. The molecular weight excluding hydrogens is 324 g/mol. The fourth-order valence-electron chi connectivity index (χ4n) is 2.49. The monoisotopic (exact) mass is 346 g/mol. The SMILES string of the molecule is CC1(C)CN(C(=O)CC(N)c2ccccc2)CCS1(=O)=O.Cl. The molecule has 1 aliphatic rings. The van der Waals surface area contributed by atoms with Crippen molar-refractivity contribution in [3.05, 3.63) is 35.9 Å². The molecule has 124 valence electrons. The first-order valence-corrected chi connectivity index (χ1v) is 8.69. The Hall–Kier alpha value is -1.11. The second kappa shape index (κ2) is 6.98. The highest BCUT2D eigenvalue weighted by Gasteiger charge is 2.41. The lowest BCUT2D eigenvalue weighted by Gasteiger charge is -2.38. The Morgan fingerprint density at radius 2 is 1.91 bits per heavy atom. The molecule has 0 spiro atoms. The number of sulfone groups is 1. The minimum Gasteiger partial charge on any atom is -0.340 e. The van der Waals surface area contributed by atoms with Crippen LogP contribution in [0.15, 0.2) is 30.3 Å². The van der Waals surface area contributed by atoms with E-state index < -0.39 is 14.6 Å². The molecule has 1 fully saturated rings. The number of halogens is 1. The zero-order valence-electron chi connectivity index (χ0n) is 12.9. The molecule has 2 N–H and O–H groups in total. The third kappa shape index (κ3) is 4.00. The third-order valence-corrected chi connectivity index (χ3v) is 6.55. The molecule has 1 saturated heterocycles. The van der Waals surface area contributed by atoms with Gasteiger partial charge in [0.05, 0.1) is 10.5 Å². The number of hydrogen-bond acceptors (Lipinski definition) is 4. The minimum absolute atomic E-state index is 0. The summed E-state index contributed by atoms with van der Waals surface area (Å²) < 4.78 is 23.0. The first kappa shape index (κ1) is 18.9. The summed E-state index contributed by atoms with van der Waals surface area (Å²) in [6.07, 6.45) is 0.195. The van der Waals surface area contributed by atoms with Crippen molar-refractivity contribution in [1.82, 2.24) is 4.90 Å². The first-order valence-electron chi connectivity index (χ1n) is 7.03. The summed E-state index contributed by atoms with van der Waals surface area (Å²) in [6, 6.07) is 9.09. The maximum absolute atomic E-state index is 12.3. The van der Waals surface area contributed by atoms with E-state index >= 15 is 0 Å². The van der Waals surface area contributed by atoms with Gasteiger partial charge in [0.2, 0.25) is 5.91 Å². The van der Waals surface area contributed by atoms with E-state index in [1.165, 1.54) is 0 Å². The summed E-state index contributed by atoms with van der Waals surface area (Å²) in [6.45, 7) is 3.82. The van der Waals surface area contributed by atoms with Crippen molar-refractivity contribution in [2.45, 2.75) is 31.1 Å². The Labute approximate surface area is 138 Å². The van der Waals surface area contributed by atoms with E-state index in [-0.39, 0.29) is 49.6 Å². The van der Waals surface area contributed by atoms with Crippen molar-refractivity contribution in [2.75, 3.05) is 18.8 Å². The van der Waals surface area contributed by atoms with Crippen molar-refractivity contribution in [3.8, 4) is 0 Å². The number of carbonyl (C=O) groups excluding carboxylic acids is 1. The van der Waals surface area contributed by atoms with Crippen LogP contribution in [0.1, 0.15) is 31.9 Å². The van der Waals surface area contributed by atoms with E-state index in [9.17, 15) is 13.2 Å². The lowest BCUT2D eigenvalue weighted by molar-refractivity contribution is -0.131. The van der Waals surface area contributed by atoms with Crippen molar-refractivity contribution in [2.24, 2.45) is 5.73 Å². The van der Waals surface area contributed by atoms with Gasteiger partial charge in [-0.2, -0.15) is 0 Å². The van der Waals surface area contributed by atoms with Crippen LogP contribution in [-0.2, 0) is 14.6 Å². The summed E-state index contributed by atoms with van der Waals surface area (Å²) in [5.41, 5.74) is 6.97. The number of benzene rings is 1. The first-order chi connectivity index (χ1) is 9.73. The molecule has 5 nitrogen and oxygen atoms in total. The van der Waals surface area contributed by atoms with Crippen molar-refractivity contribution >= 4 is 28.2 Å². The number of amides is 1. The topological polar surface area (TPSA) is 80.5 Å².